The van der Waals surface area contributed by atoms with E-state index in [2.05, 4.69) is 72.8 Å². The lowest BCUT2D eigenvalue weighted by atomic mass is 9.43. The smallest absolute Gasteiger partial charge is 0.164 e. The zero-order valence-corrected chi connectivity index (χ0v) is 26.6. The second-order valence-electron chi connectivity index (χ2n) is 14.3. The van der Waals surface area contributed by atoms with E-state index in [-0.39, 0.29) is 5.41 Å². The van der Waals surface area contributed by atoms with Crippen molar-refractivity contribution in [1.29, 1.82) is 5.26 Å². The Morgan fingerprint density at radius 1 is 0.542 bits per heavy atom. The summed E-state index contributed by atoms with van der Waals surface area (Å²) in [5.74, 6) is 5.10. The van der Waals surface area contributed by atoms with E-state index in [9.17, 15) is 5.26 Å². The Morgan fingerprint density at radius 2 is 1.17 bits per heavy atom. The molecule has 4 fully saturated rings. The molecule has 0 atom stereocenters. The zero-order chi connectivity index (χ0) is 31.8. The molecule has 0 aliphatic heterocycles. The summed E-state index contributed by atoms with van der Waals surface area (Å²) in [4.78, 5) is 20.3. The maximum Gasteiger partial charge on any atom is 0.164 e. The summed E-state index contributed by atoms with van der Waals surface area (Å²) < 4.78 is 0. The fraction of sp³-hybridized carbons (Fsp3) is 0.233. The van der Waals surface area contributed by atoms with Crippen LogP contribution in [0.3, 0.4) is 0 Å². The lowest BCUT2D eigenvalue weighted by Crippen LogP contribution is -2.55. The first kappa shape index (κ1) is 27.6. The fourth-order valence-corrected chi connectivity index (χ4v) is 10.0. The number of hydrogen-bond acceptors (Lipinski definition) is 5. The van der Waals surface area contributed by atoms with E-state index in [1.165, 1.54) is 54.5 Å². The molecule has 2 aromatic heterocycles. The summed E-state index contributed by atoms with van der Waals surface area (Å²) in [6, 6.07) is 39.7. The van der Waals surface area contributed by atoms with Gasteiger partial charge in [-0.2, -0.15) is 5.26 Å². The van der Waals surface area contributed by atoms with Gasteiger partial charge in [-0.05, 0) is 102 Å². The average molecular weight is 620 g/mol. The van der Waals surface area contributed by atoms with Gasteiger partial charge >= 0.3 is 0 Å². The Bertz CT molecular complexity index is 2240. The van der Waals surface area contributed by atoms with Crippen LogP contribution in [0.5, 0.6) is 0 Å². The number of nitrogens with zero attached hydrogens (tertiary/aromatic N) is 5. The van der Waals surface area contributed by atoms with E-state index in [1.54, 1.807) is 0 Å². The first-order valence-electron chi connectivity index (χ1n) is 17.2. The van der Waals surface area contributed by atoms with E-state index in [0.717, 1.165) is 39.7 Å². The van der Waals surface area contributed by atoms with Crippen LogP contribution in [-0.4, -0.2) is 19.9 Å². The van der Waals surface area contributed by atoms with Crippen molar-refractivity contribution in [1.82, 2.24) is 19.9 Å². The van der Waals surface area contributed by atoms with Gasteiger partial charge in [-0.25, -0.2) is 15.0 Å². The molecule has 4 aromatic carbocycles. The summed E-state index contributed by atoms with van der Waals surface area (Å²) in [6.07, 6.45) is 8.79. The van der Waals surface area contributed by atoms with Gasteiger partial charge in [0.15, 0.2) is 17.5 Å². The quantitative estimate of drug-likeness (QED) is 0.196. The van der Waals surface area contributed by atoms with Crippen molar-refractivity contribution in [2.24, 2.45) is 23.7 Å². The summed E-state index contributed by atoms with van der Waals surface area (Å²) >= 11 is 0. The molecule has 0 unspecified atom stereocenters. The SMILES string of the molecule is N#Cc1cccc(-c2ccc(-c3nc(-c4ccccc4)nc(-c4ccc5c(c4)-c4cccnc4C54C5CC6CC(C5)CC4C6)n3)cc2)c1. The van der Waals surface area contributed by atoms with Gasteiger partial charge in [-0.3, -0.25) is 4.98 Å². The maximum absolute atomic E-state index is 9.38. The van der Waals surface area contributed by atoms with Gasteiger partial charge in [0, 0.05) is 33.9 Å². The molecule has 5 aliphatic rings. The predicted molar refractivity (Wildman–Crippen MR) is 187 cm³/mol. The van der Waals surface area contributed by atoms with Crippen molar-refractivity contribution >= 4 is 0 Å². The molecule has 5 heteroatoms. The number of hydrogen-bond donors (Lipinski definition) is 0. The lowest BCUT2D eigenvalue weighted by molar-refractivity contribution is -0.0415. The minimum atomic E-state index is 0.0336. The van der Waals surface area contributed by atoms with Crippen LogP contribution in [0.1, 0.15) is 48.9 Å². The van der Waals surface area contributed by atoms with Crippen LogP contribution < -0.4 is 0 Å². The predicted octanol–water partition coefficient (Wildman–Crippen LogP) is 9.53. The monoisotopic (exact) mass is 619 g/mol. The molecular formula is C43H33N5. The maximum atomic E-state index is 9.38. The van der Waals surface area contributed by atoms with Gasteiger partial charge in [0.1, 0.15) is 0 Å². The number of nitriles is 1. The summed E-state index contributed by atoms with van der Waals surface area (Å²) in [5.41, 5.74) is 11.0. The number of benzene rings is 4. The largest absolute Gasteiger partial charge is 0.260 e. The molecule has 6 aromatic rings. The van der Waals surface area contributed by atoms with Crippen LogP contribution in [0.2, 0.25) is 0 Å². The van der Waals surface area contributed by atoms with Crippen LogP contribution in [0.25, 0.3) is 56.4 Å². The van der Waals surface area contributed by atoms with Gasteiger partial charge in [-0.15, -0.1) is 0 Å². The molecule has 11 rings (SSSR count). The third-order valence-corrected chi connectivity index (χ3v) is 11.8. The molecule has 0 radical (unpaired) electrons. The molecule has 0 N–H and O–H groups in total. The Balaban J connectivity index is 1.10. The van der Waals surface area contributed by atoms with E-state index in [0.29, 0.717) is 34.9 Å². The van der Waals surface area contributed by atoms with Crippen molar-refractivity contribution in [2.75, 3.05) is 0 Å². The molecule has 0 amide bonds. The van der Waals surface area contributed by atoms with E-state index in [4.69, 9.17) is 19.9 Å². The topological polar surface area (TPSA) is 75.3 Å². The third kappa shape index (κ3) is 4.08. The highest BCUT2D eigenvalue weighted by molar-refractivity contribution is 5.84. The normalized spacial score (nSPS) is 24.3. The minimum absolute atomic E-state index is 0.0336. The van der Waals surface area contributed by atoms with Gasteiger partial charge in [0.25, 0.3) is 0 Å². The molecule has 4 bridgehead atoms. The van der Waals surface area contributed by atoms with Crippen LogP contribution in [0, 0.1) is 35.0 Å². The lowest BCUT2D eigenvalue weighted by Gasteiger charge is -2.60. The van der Waals surface area contributed by atoms with Gasteiger partial charge in [0.05, 0.1) is 17.3 Å². The second-order valence-corrected chi connectivity index (χ2v) is 14.3. The van der Waals surface area contributed by atoms with Crippen LogP contribution >= 0.6 is 0 Å². The molecule has 2 heterocycles. The van der Waals surface area contributed by atoms with Crippen molar-refractivity contribution in [3.63, 3.8) is 0 Å². The first-order valence-corrected chi connectivity index (χ1v) is 17.2. The van der Waals surface area contributed by atoms with Crippen molar-refractivity contribution in [3.05, 3.63) is 132 Å². The third-order valence-electron chi connectivity index (χ3n) is 11.8. The molecule has 1 spiro atoms. The number of pyridine rings is 1. The number of fused-ring (bicyclic) bond motifs is 3. The highest BCUT2D eigenvalue weighted by Crippen LogP contribution is 2.69. The Morgan fingerprint density at radius 3 is 1.88 bits per heavy atom. The van der Waals surface area contributed by atoms with E-state index in [1.807, 2.05) is 48.7 Å². The summed E-state index contributed by atoms with van der Waals surface area (Å²) in [7, 11) is 0. The molecule has 5 nitrogen and oxygen atoms in total. The molecule has 230 valence electrons. The minimum Gasteiger partial charge on any atom is -0.260 e. The fourth-order valence-electron chi connectivity index (χ4n) is 10.0. The van der Waals surface area contributed by atoms with Crippen LogP contribution in [0.15, 0.2) is 115 Å². The molecule has 0 saturated heterocycles. The summed E-state index contributed by atoms with van der Waals surface area (Å²) in [5, 5.41) is 9.38. The first-order chi connectivity index (χ1) is 23.7. The van der Waals surface area contributed by atoms with Crippen molar-refractivity contribution in [2.45, 2.75) is 37.5 Å². The summed E-state index contributed by atoms with van der Waals surface area (Å²) in [6.45, 7) is 0. The number of rotatable bonds is 4. The molecular weight excluding hydrogens is 587 g/mol. The van der Waals surface area contributed by atoms with E-state index < -0.39 is 0 Å². The zero-order valence-electron chi connectivity index (χ0n) is 26.6. The van der Waals surface area contributed by atoms with Crippen LogP contribution in [0.4, 0.5) is 0 Å². The van der Waals surface area contributed by atoms with Crippen molar-refractivity contribution < 1.29 is 0 Å². The molecule has 5 aliphatic carbocycles. The van der Waals surface area contributed by atoms with Gasteiger partial charge in [0.2, 0.25) is 0 Å². The van der Waals surface area contributed by atoms with Gasteiger partial charge < -0.3 is 0 Å². The Kier molecular flexibility index (Phi) is 6.05. The standard InChI is InChI=1S/C43H33N5/c44-25-26-6-4-9-32(19-26)29-11-13-31(14-12-29)41-46-40(30-7-2-1-3-8-30)47-42(48-41)33-15-16-38-37(24-33)36-10-5-17-45-39(36)43(38)34-20-27-18-28(22-34)23-35(43)21-27/h1-17,19,24,27-28,34-35H,18,20-23H2. The highest BCUT2D eigenvalue weighted by atomic mass is 15.0. The van der Waals surface area contributed by atoms with Crippen molar-refractivity contribution in [3.8, 4) is 62.5 Å². The number of aromatic nitrogens is 4. The highest BCUT2D eigenvalue weighted by Gasteiger charge is 2.62. The average Bonchev–Trinajstić information content (AvgIpc) is 3.44. The second kappa shape index (κ2) is 10.5. The Hall–Kier alpha value is -5.47. The Labute approximate surface area is 280 Å². The van der Waals surface area contributed by atoms with Gasteiger partial charge in [-0.1, -0.05) is 84.9 Å². The molecule has 4 saturated carbocycles. The van der Waals surface area contributed by atoms with E-state index >= 15 is 0 Å². The van der Waals surface area contributed by atoms with Crippen LogP contribution in [-0.2, 0) is 5.41 Å². The molecule has 48 heavy (non-hydrogen) atoms.